The Balaban J connectivity index is 2.82. The molecule has 0 bridgehead atoms. The molecule has 1 aliphatic carbocycles. The molecule has 0 aromatic rings. The smallest absolute Gasteiger partial charge is 0.0361 e. The molecule has 1 unspecified atom stereocenters. The first-order valence-electron chi connectivity index (χ1n) is 3.15. The summed E-state index contributed by atoms with van der Waals surface area (Å²) in [5.41, 5.74) is 1.24. The summed E-state index contributed by atoms with van der Waals surface area (Å²) < 4.78 is 0. The SMILES string of the molecule is CC1=CC#CC(C)C=C1. The quantitative estimate of drug-likeness (QED) is 0.427. The predicted molar refractivity (Wildman–Crippen MR) is 39.8 cm³/mol. The van der Waals surface area contributed by atoms with Crippen LogP contribution >= 0.6 is 0 Å². The number of allylic oxidation sites excluding steroid dienone is 4. The van der Waals surface area contributed by atoms with E-state index >= 15 is 0 Å². The second-order valence-corrected chi connectivity index (χ2v) is 2.32. The van der Waals surface area contributed by atoms with E-state index in [-0.39, 0.29) is 0 Å². The van der Waals surface area contributed by atoms with Gasteiger partial charge in [-0.3, -0.25) is 0 Å². The Hall–Kier alpha value is -0.960. The van der Waals surface area contributed by atoms with Gasteiger partial charge in [0.25, 0.3) is 0 Å². The minimum atomic E-state index is 0.415. The van der Waals surface area contributed by atoms with E-state index in [0.717, 1.165) is 0 Å². The molecule has 0 aromatic carbocycles. The highest BCUT2D eigenvalue weighted by Crippen LogP contribution is 2.03. The normalized spacial score (nSPS) is 23.8. The van der Waals surface area contributed by atoms with Gasteiger partial charge < -0.3 is 0 Å². The Morgan fingerprint density at radius 2 is 2.33 bits per heavy atom. The number of hydrogen-bond donors (Lipinski definition) is 0. The lowest BCUT2D eigenvalue weighted by molar-refractivity contribution is 0.981. The second-order valence-electron chi connectivity index (χ2n) is 2.32. The molecule has 1 atom stereocenters. The molecule has 0 radical (unpaired) electrons. The maximum absolute atomic E-state index is 3.06. The fourth-order valence-electron chi connectivity index (χ4n) is 0.679. The summed E-state index contributed by atoms with van der Waals surface area (Å²) in [6, 6.07) is 0. The molecule has 0 spiro atoms. The molecule has 0 amide bonds. The zero-order chi connectivity index (χ0) is 6.69. The fourth-order valence-corrected chi connectivity index (χ4v) is 0.679. The van der Waals surface area contributed by atoms with Crippen molar-refractivity contribution in [1.29, 1.82) is 0 Å². The molecule has 0 fully saturated rings. The van der Waals surface area contributed by atoms with Gasteiger partial charge >= 0.3 is 0 Å². The van der Waals surface area contributed by atoms with Crippen molar-refractivity contribution in [2.75, 3.05) is 0 Å². The third-order valence-corrected chi connectivity index (χ3v) is 1.26. The Kier molecular flexibility index (Phi) is 1.75. The molecule has 0 heterocycles. The molecule has 9 heavy (non-hydrogen) atoms. The van der Waals surface area contributed by atoms with Gasteiger partial charge in [0.05, 0.1) is 0 Å². The van der Waals surface area contributed by atoms with Crippen LogP contribution in [-0.4, -0.2) is 0 Å². The molecular formula is C9H10. The van der Waals surface area contributed by atoms with Gasteiger partial charge in [-0.05, 0) is 25.5 Å². The Morgan fingerprint density at radius 1 is 1.56 bits per heavy atom. The summed E-state index contributed by atoms with van der Waals surface area (Å²) in [6.07, 6.45) is 6.16. The molecule has 0 heteroatoms. The topological polar surface area (TPSA) is 0 Å². The molecule has 0 N–H and O–H groups in total. The molecule has 46 valence electrons. The van der Waals surface area contributed by atoms with Gasteiger partial charge in [0.1, 0.15) is 0 Å². The first-order valence-corrected chi connectivity index (χ1v) is 3.15. The van der Waals surface area contributed by atoms with Crippen LogP contribution < -0.4 is 0 Å². The van der Waals surface area contributed by atoms with Crippen LogP contribution in [0, 0.1) is 17.8 Å². The van der Waals surface area contributed by atoms with Crippen molar-refractivity contribution in [1.82, 2.24) is 0 Å². The van der Waals surface area contributed by atoms with Crippen LogP contribution in [0.25, 0.3) is 0 Å². The summed E-state index contributed by atoms with van der Waals surface area (Å²) in [5, 5.41) is 0. The van der Waals surface area contributed by atoms with Gasteiger partial charge in [0.15, 0.2) is 0 Å². The zero-order valence-corrected chi connectivity index (χ0v) is 5.81. The van der Waals surface area contributed by atoms with Gasteiger partial charge in [-0.1, -0.05) is 24.0 Å². The highest BCUT2D eigenvalue weighted by molar-refractivity contribution is 5.32. The van der Waals surface area contributed by atoms with Crippen molar-refractivity contribution in [3.63, 3.8) is 0 Å². The van der Waals surface area contributed by atoms with E-state index in [2.05, 4.69) is 37.8 Å². The summed E-state index contributed by atoms with van der Waals surface area (Å²) in [4.78, 5) is 0. The van der Waals surface area contributed by atoms with Crippen LogP contribution in [0.2, 0.25) is 0 Å². The Bertz CT molecular complexity index is 208. The van der Waals surface area contributed by atoms with Gasteiger partial charge in [-0.15, -0.1) is 0 Å². The van der Waals surface area contributed by atoms with Crippen LogP contribution in [-0.2, 0) is 0 Å². The van der Waals surface area contributed by atoms with Crippen LogP contribution in [0.4, 0.5) is 0 Å². The van der Waals surface area contributed by atoms with E-state index in [4.69, 9.17) is 0 Å². The van der Waals surface area contributed by atoms with E-state index in [1.807, 2.05) is 6.08 Å². The van der Waals surface area contributed by atoms with Crippen molar-refractivity contribution < 1.29 is 0 Å². The molecular weight excluding hydrogens is 108 g/mol. The molecule has 0 aliphatic heterocycles. The van der Waals surface area contributed by atoms with E-state index in [0.29, 0.717) is 5.92 Å². The molecule has 1 rings (SSSR count). The second kappa shape index (κ2) is 2.55. The predicted octanol–water partition coefficient (Wildman–Crippen LogP) is 2.14. The lowest BCUT2D eigenvalue weighted by atomic mass is 10.2. The Labute approximate surface area is 56.3 Å². The summed E-state index contributed by atoms with van der Waals surface area (Å²) >= 11 is 0. The molecule has 0 nitrogen and oxygen atoms in total. The van der Waals surface area contributed by atoms with Gasteiger partial charge in [-0.25, -0.2) is 0 Å². The number of hydrogen-bond acceptors (Lipinski definition) is 0. The van der Waals surface area contributed by atoms with Crippen LogP contribution in [0.15, 0.2) is 23.8 Å². The Morgan fingerprint density at radius 3 is 3.11 bits per heavy atom. The molecule has 0 aromatic heterocycles. The van der Waals surface area contributed by atoms with Crippen LogP contribution in [0.1, 0.15) is 13.8 Å². The standard InChI is InChI=1S/C9H10/c1-8-4-3-5-9(2)7-6-8/h4,6-7,9H,1-2H3. The van der Waals surface area contributed by atoms with E-state index in [1.54, 1.807) is 0 Å². The van der Waals surface area contributed by atoms with E-state index in [9.17, 15) is 0 Å². The van der Waals surface area contributed by atoms with Crippen LogP contribution in [0.3, 0.4) is 0 Å². The summed E-state index contributed by atoms with van der Waals surface area (Å²) in [7, 11) is 0. The average Bonchev–Trinajstić information content (AvgIpc) is 1.97. The lowest BCUT2D eigenvalue weighted by Gasteiger charge is -1.88. The van der Waals surface area contributed by atoms with Crippen molar-refractivity contribution in [2.45, 2.75) is 13.8 Å². The van der Waals surface area contributed by atoms with E-state index in [1.165, 1.54) is 5.57 Å². The van der Waals surface area contributed by atoms with E-state index < -0.39 is 0 Å². The lowest BCUT2D eigenvalue weighted by Crippen LogP contribution is -1.79. The third-order valence-electron chi connectivity index (χ3n) is 1.26. The largest absolute Gasteiger partial charge is 0.0912 e. The average molecular weight is 118 g/mol. The van der Waals surface area contributed by atoms with Crippen molar-refractivity contribution in [3.8, 4) is 11.8 Å². The maximum atomic E-state index is 3.06. The first kappa shape index (κ1) is 6.16. The highest BCUT2D eigenvalue weighted by atomic mass is 13.9. The van der Waals surface area contributed by atoms with Crippen LogP contribution in [0.5, 0.6) is 0 Å². The number of rotatable bonds is 0. The monoisotopic (exact) mass is 118 g/mol. The highest BCUT2D eigenvalue weighted by Gasteiger charge is 1.90. The zero-order valence-electron chi connectivity index (χ0n) is 5.81. The van der Waals surface area contributed by atoms with Gasteiger partial charge in [0.2, 0.25) is 0 Å². The fraction of sp³-hybridized carbons (Fsp3) is 0.333. The molecule has 0 saturated carbocycles. The maximum Gasteiger partial charge on any atom is 0.0361 e. The van der Waals surface area contributed by atoms with Crippen molar-refractivity contribution in [3.05, 3.63) is 23.8 Å². The summed E-state index contributed by atoms with van der Waals surface area (Å²) in [5.74, 6) is 6.45. The summed E-state index contributed by atoms with van der Waals surface area (Å²) in [6.45, 7) is 4.15. The molecule has 0 saturated heterocycles. The minimum Gasteiger partial charge on any atom is -0.0912 e. The minimum absolute atomic E-state index is 0.415. The molecule has 1 aliphatic rings. The third kappa shape index (κ3) is 1.77. The first-order chi connectivity index (χ1) is 4.29. The van der Waals surface area contributed by atoms with Crippen molar-refractivity contribution >= 4 is 0 Å². The van der Waals surface area contributed by atoms with Gasteiger partial charge in [0, 0.05) is 5.92 Å². The van der Waals surface area contributed by atoms with Gasteiger partial charge in [-0.2, -0.15) is 0 Å². The van der Waals surface area contributed by atoms with Crippen molar-refractivity contribution in [2.24, 2.45) is 5.92 Å².